The molecule has 0 fully saturated rings. The Morgan fingerprint density at radius 1 is 1.20 bits per heavy atom. The van der Waals surface area contributed by atoms with E-state index in [4.69, 9.17) is 5.73 Å². The zero-order chi connectivity index (χ0) is 13.5. The molecular formula is C13H11N7. The molecule has 0 saturated carbocycles. The maximum atomic E-state index is 5.79. The van der Waals surface area contributed by atoms with Crippen molar-refractivity contribution in [2.45, 2.75) is 6.42 Å². The van der Waals surface area contributed by atoms with Crippen LogP contribution in [0, 0.1) is 0 Å². The number of hydrogen-bond donors (Lipinski definition) is 2. The second-order valence-corrected chi connectivity index (χ2v) is 4.58. The average Bonchev–Trinajstić information content (AvgIpc) is 3.05. The molecule has 4 rings (SSSR count). The number of nitrogen functional groups attached to an aromatic ring is 1. The van der Waals surface area contributed by atoms with Gasteiger partial charge < -0.3 is 10.7 Å². The fourth-order valence-corrected chi connectivity index (χ4v) is 2.28. The van der Waals surface area contributed by atoms with E-state index >= 15 is 0 Å². The third kappa shape index (κ3) is 1.60. The molecule has 0 atom stereocenters. The van der Waals surface area contributed by atoms with Gasteiger partial charge in [-0.2, -0.15) is 0 Å². The van der Waals surface area contributed by atoms with E-state index < -0.39 is 0 Å². The first-order valence-corrected chi connectivity index (χ1v) is 6.17. The van der Waals surface area contributed by atoms with E-state index in [2.05, 4.69) is 25.1 Å². The van der Waals surface area contributed by atoms with E-state index in [9.17, 15) is 0 Å². The average molecular weight is 265 g/mol. The molecule has 0 amide bonds. The monoisotopic (exact) mass is 265 g/mol. The Kier molecular flexibility index (Phi) is 2.19. The highest BCUT2D eigenvalue weighted by Gasteiger charge is 2.11. The molecule has 3 aromatic heterocycles. The first-order valence-electron chi connectivity index (χ1n) is 6.17. The topological polar surface area (TPSA) is 97.8 Å². The van der Waals surface area contributed by atoms with Crippen molar-refractivity contribution in [3.8, 4) is 0 Å². The van der Waals surface area contributed by atoms with Crippen LogP contribution in [-0.2, 0) is 6.42 Å². The third-order valence-electron chi connectivity index (χ3n) is 3.22. The van der Waals surface area contributed by atoms with Gasteiger partial charge in [-0.15, -0.1) is 10.2 Å². The minimum atomic E-state index is 0.639. The molecule has 1 aromatic carbocycles. The van der Waals surface area contributed by atoms with Gasteiger partial charge in [-0.3, -0.25) is 4.40 Å². The summed E-state index contributed by atoms with van der Waals surface area (Å²) in [6, 6.07) is 7.74. The number of nitrogens with two attached hydrogens (primary N) is 1. The minimum Gasteiger partial charge on any atom is -0.399 e. The summed E-state index contributed by atoms with van der Waals surface area (Å²) in [6.45, 7) is 0. The Balaban J connectivity index is 1.84. The Bertz CT molecular complexity index is 905. The van der Waals surface area contributed by atoms with Gasteiger partial charge in [-0.25, -0.2) is 9.97 Å². The lowest BCUT2D eigenvalue weighted by Gasteiger charge is -2.01. The van der Waals surface area contributed by atoms with Gasteiger partial charge in [0, 0.05) is 12.1 Å². The summed E-state index contributed by atoms with van der Waals surface area (Å²) in [5, 5.41) is 8.44. The van der Waals surface area contributed by atoms with Gasteiger partial charge >= 0.3 is 0 Å². The number of nitrogens with zero attached hydrogens (tertiary/aromatic N) is 5. The maximum Gasteiger partial charge on any atom is 0.189 e. The van der Waals surface area contributed by atoms with Crippen molar-refractivity contribution < 1.29 is 0 Å². The molecule has 20 heavy (non-hydrogen) atoms. The number of imidazole rings is 1. The van der Waals surface area contributed by atoms with E-state index in [1.807, 2.05) is 28.7 Å². The van der Waals surface area contributed by atoms with Gasteiger partial charge in [-0.05, 0) is 17.7 Å². The maximum absolute atomic E-state index is 5.79. The lowest BCUT2D eigenvalue weighted by molar-refractivity contribution is 0.922. The second kappa shape index (κ2) is 4.02. The summed E-state index contributed by atoms with van der Waals surface area (Å²) in [5.74, 6) is 0.814. The van der Waals surface area contributed by atoms with E-state index in [-0.39, 0.29) is 0 Å². The van der Waals surface area contributed by atoms with E-state index in [1.165, 1.54) is 0 Å². The van der Waals surface area contributed by atoms with Crippen molar-refractivity contribution in [3.63, 3.8) is 0 Å². The zero-order valence-corrected chi connectivity index (χ0v) is 10.5. The summed E-state index contributed by atoms with van der Waals surface area (Å²) in [4.78, 5) is 11.4. The molecule has 0 bridgehead atoms. The van der Waals surface area contributed by atoms with Crippen molar-refractivity contribution in [2.24, 2.45) is 0 Å². The number of fused-ring (bicyclic) bond motifs is 3. The van der Waals surface area contributed by atoms with E-state index in [0.717, 1.165) is 28.2 Å². The molecule has 0 aliphatic heterocycles. The van der Waals surface area contributed by atoms with Crippen LogP contribution < -0.4 is 5.73 Å². The number of hydrogen-bond acceptors (Lipinski definition) is 5. The van der Waals surface area contributed by atoms with Gasteiger partial charge in [0.05, 0.1) is 6.33 Å². The largest absolute Gasteiger partial charge is 0.399 e. The first-order chi connectivity index (χ1) is 9.81. The van der Waals surface area contributed by atoms with Crippen molar-refractivity contribution in [3.05, 3.63) is 48.3 Å². The summed E-state index contributed by atoms with van der Waals surface area (Å²) in [6.07, 6.45) is 3.94. The smallest absolute Gasteiger partial charge is 0.189 e. The van der Waals surface area contributed by atoms with Crippen LogP contribution in [0.25, 0.3) is 16.8 Å². The van der Waals surface area contributed by atoms with Crippen LogP contribution >= 0.6 is 0 Å². The molecule has 0 spiro atoms. The van der Waals surface area contributed by atoms with Crippen LogP contribution in [0.15, 0.2) is 36.9 Å². The predicted molar refractivity (Wildman–Crippen MR) is 74.1 cm³/mol. The molecule has 3 N–H and O–H groups in total. The van der Waals surface area contributed by atoms with E-state index in [1.54, 1.807) is 12.7 Å². The van der Waals surface area contributed by atoms with Crippen molar-refractivity contribution in [2.75, 3.05) is 5.73 Å². The Morgan fingerprint density at radius 2 is 2.15 bits per heavy atom. The van der Waals surface area contributed by atoms with Crippen molar-refractivity contribution in [1.29, 1.82) is 0 Å². The lowest BCUT2D eigenvalue weighted by atomic mass is 10.1. The van der Waals surface area contributed by atoms with Crippen LogP contribution in [0.3, 0.4) is 0 Å². The molecule has 0 aliphatic carbocycles. The molecule has 0 radical (unpaired) electrons. The van der Waals surface area contributed by atoms with Gasteiger partial charge in [0.25, 0.3) is 0 Å². The molecule has 3 heterocycles. The van der Waals surface area contributed by atoms with Gasteiger partial charge in [0.1, 0.15) is 17.7 Å². The molecule has 4 aromatic rings. The van der Waals surface area contributed by atoms with Crippen molar-refractivity contribution >= 4 is 22.5 Å². The van der Waals surface area contributed by atoms with Crippen LogP contribution in [-0.4, -0.2) is 29.5 Å². The minimum absolute atomic E-state index is 0.639. The van der Waals surface area contributed by atoms with Gasteiger partial charge in [0.15, 0.2) is 11.3 Å². The highest BCUT2D eigenvalue weighted by Crippen LogP contribution is 2.16. The zero-order valence-electron chi connectivity index (χ0n) is 10.5. The standard InChI is InChI=1S/C13H11N7/c14-9-3-1-2-8(4-9)5-10-18-19-13-11-12(16-6-15-11)17-7-20(10)13/h1-4,6-7H,5,14H2,(H,15,16). The fourth-order valence-electron chi connectivity index (χ4n) is 2.28. The Labute approximate surface area is 113 Å². The summed E-state index contributed by atoms with van der Waals surface area (Å²) >= 11 is 0. The van der Waals surface area contributed by atoms with Crippen molar-refractivity contribution in [1.82, 2.24) is 29.5 Å². The Hall–Kier alpha value is -2.96. The molecule has 7 heteroatoms. The fraction of sp³-hybridized carbons (Fsp3) is 0.0769. The molecule has 98 valence electrons. The van der Waals surface area contributed by atoms with E-state index in [0.29, 0.717) is 12.1 Å². The normalized spacial score (nSPS) is 11.4. The number of nitrogens with one attached hydrogen (secondary N) is 1. The lowest BCUT2D eigenvalue weighted by Crippen LogP contribution is -1.98. The number of aromatic amines is 1. The summed E-state index contributed by atoms with van der Waals surface area (Å²) < 4.78 is 1.86. The summed E-state index contributed by atoms with van der Waals surface area (Å²) in [7, 11) is 0. The predicted octanol–water partition coefficient (Wildman–Crippen LogP) is 1.17. The number of H-pyrrole nitrogens is 1. The number of anilines is 1. The van der Waals surface area contributed by atoms with Crippen LogP contribution in [0.4, 0.5) is 5.69 Å². The molecule has 7 nitrogen and oxygen atoms in total. The Morgan fingerprint density at radius 3 is 3.05 bits per heavy atom. The molecular weight excluding hydrogens is 254 g/mol. The highest BCUT2D eigenvalue weighted by molar-refractivity contribution is 5.84. The van der Waals surface area contributed by atoms with Crippen LogP contribution in [0.2, 0.25) is 0 Å². The van der Waals surface area contributed by atoms with Gasteiger partial charge in [-0.1, -0.05) is 12.1 Å². The quantitative estimate of drug-likeness (QED) is 0.530. The van der Waals surface area contributed by atoms with Gasteiger partial charge in [0.2, 0.25) is 0 Å². The molecule has 0 aliphatic rings. The van der Waals surface area contributed by atoms with Crippen LogP contribution in [0.5, 0.6) is 0 Å². The number of aromatic nitrogens is 6. The summed E-state index contributed by atoms with van der Waals surface area (Å²) in [5.41, 5.74) is 9.78. The highest BCUT2D eigenvalue weighted by atomic mass is 15.3. The second-order valence-electron chi connectivity index (χ2n) is 4.58. The number of rotatable bonds is 2. The third-order valence-corrected chi connectivity index (χ3v) is 3.22. The number of benzene rings is 1. The molecule has 0 unspecified atom stereocenters. The SMILES string of the molecule is Nc1cccc(Cc2nnc3c4[nH]cnc4ncn23)c1. The molecule has 0 saturated heterocycles. The van der Waals surface area contributed by atoms with Crippen LogP contribution in [0.1, 0.15) is 11.4 Å². The first kappa shape index (κ1) is 10.9.